The molecule has 2 aromatic heterocycles. The number of aromatic nitrogens is 2. The number of ether oxygens (including phenoxy) is 2. The lowest BCUT2D eigenvalue weighted by Crippen LogP contribution is -2.40. The minimum Gasteiger partial charge on any atom is -0.489 e. The Morgan fingerprint density at radius 3 is 2.68 bits per heavy atom. The molecule has 3 aliphatic rings. The molecule has 1 saturated carbocycles. The number of rotatable bonds is 5. The van der Waals surface area contributed by atoms with Gasteiger partial charge in [0.25, 0.3) is 0 Å². The van der Waals surface area contributed by atoms with Crippen molar-refractivity contribution in [2.75, 3.05) is 13.1 Å². The zero-order valence-corrected chi connectivity index (χ0v) is 20.2. The molecule has 2 aliphatic heterocycles. The van der Waals surface area contributed by atoms with Crippen molar-refractivity contribution < 1.29 is 19.1 Å². The summed E-state index contributed by atoms with van der Waals surface area (Å²) in [6, 6.07) is 19.8. The van der Waals surface area contributed by atoms with Crippen molar-refractivity contribution in [2.24, 2.45) is 0 Å². The molecule has 2 aromatic carbocycles. The molecular weight excluding hydrogens is 466 g/mol. The number of fused-ring (bicyclic) bond motifs is 3. The number of hydrogen-bond acceptors (Lipinski definition) is 6. The van der Waals surface area contributed by atoms with Crippen molar-refractivity contribution in [1.82, 2.24) is 14.9 Å². The zero-order valence-electron chi connectivity index (χ0n) is 20.2. The highest BCUT2D eigenvalue weighted by molar-refractivity contribution is 5.95. The van der Waals surface area contributed by atoms with Crippen LogP contribution in [0.15, 0.2) is 79.3 Å². The summed E-state index contributed by atoms with van der Waals surface area (Å²) in [6.07, 6.45) is 7.28. The van der Waals surface area contributed by atoms with Gasteiger partial charge in [0.05, 0.1) is 23.0 Å². The molecule has 2 fully saturated rings. The van der Waals surface area contributed by atoms with E-state index in [1.54, 1.807) is 18.6 Å². The van der Waals surface area contributed by atoms with Crippen LogP contribution in [-0.2, 0) is 27.2 Å². The molecule has 1 saturated heterocycles. The van der Waals surface area contributed by atoms with E-state index in [0.717, 1.165) is 46.2 Å². The highest BCUT2D eigenvalue weighted by atomic mass is 16.6. The van der Waals surface area contributed by atoms with Crippen LogP contribution in [0.4, 0.5) is 0 Å². The third kappa shape index (κ3) is 3.49. The molecule has 1 spiro atoms. The van der Waals surface area contributed by atoms with E-state index in [0.29, 0.717) is 31.7 Å². The molecule has 0 radical (unpaired) electrons. The minimum atomic E-state index is -0.754. The van der Waals surface area contributed by atoms with E-state index in [1.807, 2.05) is 59.5 Å². The number of pyridine rings is 2. The summed E-state index contributed by atoms with van der Waals surface area (Å²) in [5.41, 5.74) is 3.13. The summed E-state index contributed by atoms with van der Waals surface area (Å²) in [5, 5.41) is 1.08. The van der Waals surface area contributed by atoms with Gasteiger partial charge in [-0.3, -0.25) is 14.8 Å². The Balaban J connectivity index is 1.06. The van der Waals surface area contributed by atoms with Crippen LogP contribution in [0.2, 0.25) is 0 Å². The van der Waals surface area contributed by atoms with E-state index < -0.39 is 11.0 Å². The third-order valence-electron chi connectivity index (χ3n) is 8.04. The van der Waals surface area contributed by atoms with Crippen LogP contribution in [0.3, 0.4) is 0 Å². The van der Waals surface area contributed by atoms with Crippen LogP contribution in [-0.4, -0.2) is 39.8 Å². The average molecular weight is 492 g/mol. The fourth-order valence-corrected chi connectivity index (χ4v) is 5.87. The maximum Gasteiger partial charge on any atom is 0.341 e. The van der Waals surface area contributed by atoms with Crippen LogP contribution in [0, 0.1) is 0 Å². The van der Waals surface area contributed by atoms with E-state index in [2.05, 4.69) is 16.0 Å². The number of amides is 1. The van der Waals surface area contributed by atoms with Crippen LogP contribution in [0.5, 0.6) is 5.75 Å². The Kier molecular flexibility index (Phi) is 4.83. The third-order valence-corrected chi connectivity index (χ3v) is 8.04. The normalized spacial score (nSPS) is 21.2. The predicted molar refractivity (Wildman–Crippen MR) is 136 cm³/mol. The van der Waals surface area contributed by atoms with Gasteiger partial charge in [0.1, 0.15) is 12.4 Å². The topological polar surface area (TPSA) is 81.6 Å². The Bertz CT molecular complexity index is 1540. The second-order valence-electron chi connectivity index (χ2n) is 10.2. The fourth-order valence-electron chi connectivity index (χ4n) is 5.87. The quantitative estimate of drug-likeness (QED) is 0.382. The molecule has 7 rings (SSSR count). The lowest BCUT2D eigenvalue weighted by atomic mass is 9.92. The summed E-state index contributed by atoms with van der Waals surface area (Å²) in [4.78, 5) is 36.5. The van der Waals surface area contributed by atoms with Gasteiger partial charge in [-0.15, -0.1) is 0 Å². The number of esters is 1. The summed E-state index contributed by atoms with van der Waals surface area (Å²) in [5.74, 6) is 0.518. The van der Waals surface area contributed by atoms with Crippen molar-refractivity contribution in [3.63, 3.8) is 0 Å². The largest absolute Gasteiger partial charge is 0.489 e. The van der Waals surface area contributed by atoms with Crippen LogP contribution in [0.1, 0.15) is 46.3 Å². The molecule has 1 amide bonds. The second-order valence-corrected chi connectivity index (χ2v) is 10.2. The van der Waals surface area contributed by atoms with Gasteiger partial charge in [-0.25, -0.2) is 4.79 Å². The molecule has 1 aliphatic carbocycles. The smallest absolute Gasteiger partial charge is 0.341 e. The number of carbonyl (C=O) groups is 2. The van der Waals surface area contributed by atoms with E-state index in [4.69, 9.17) is 9.47 Å². The summed E-state index contributed by atoms with van der Waals surface area (Å²) in [7, 11) is 0. The highest BCUT2D eigenvalue weighted by Crippen LogP contribution is 2.52. The van der Waals surface area contributed by atoms with Crippen molar-refractivity contribution in [3.8, 4) is 5.75 Å². The van der Waals surface area contributed by atoms with Crippen molar-refractivity contribution in [3.05, 3.63) is 102 Å². The number of para-hydroxylation sites is 1. The molecular formula is C30H25N3O4. The minimum absolute atomic E-state index is 0.111. The number of benzene rings is 2. The average Bonchev–Trinajstić information content (AvgIpc) is 3.57. The van der Waals surface area contributed by atoms with Gasteiger partial charge in [-0.2, -0.15) is 0 Å². The Morgan fingerprint density at radius 2 is 1.84 bits per heavy atom. The molecule has 4 heterocycles. The first-order chi connectivity index (χ1) is 18.1. The lowest BCUT2D eigenvalue weighted by Gasteiger charge is -2.27. The van der Waals surface area contributed by atoms with Gasteiger partial charge < -0.3 is 14.4 Å². The van der Waals surface area contributed by atoms with E-state index >= 15 is 0 Å². The zero-order chi connectivity index (χ0) is 25.0. The Hall–Kier alpha value is -4.26. The number of likely N-dealkylation sites (tertiary alicyclic amines) is 1. The SMILES string of the molecule is O=C1O[C@]2(CCN(C(=O)C3(c4ccc(OCc5ccnc6ccccc56)cc4)CC3)C2)c2ccncc21. The van der Waals surface area contributed by atoms with Gasteiger partial charge in [0.2, 0.25) is 5.91 Å². The lowest BCUT2D eigenvalue weighted by molar-refractivity contribution is -0.134. The molecule has 0 bridgehead atoms. The molecule has 7 heteroatoms. The van der Waals surface area contributed by atoms with Gasteiger partial charge in [-0.1, -0.05) is 30.3 Å². The van der Waals surface area contributed by atoms with E-state index in [1.165, 1.54) is 0 Å². The van der Waals surface area contributed by atoms with Crippen LogP contribution >= 0.6 is 0 Å². The molecule has 0 unspecified atom stereocenters. The first kappa shape index (κ1) is 22.0. The van der Waals surface area contributed by atoms with Crippen molar-refractivity contribution in [2.45, 2.75) is 36.9 Å². The number of carbonyl (C=O) groups excluding carboxylic acids is 2. The summed E-state index contributed by atoms with van der Waals surface area (Å²) in [6.45, 7) is 1.39. The molecule has 7 nitrogen and oxygen atoms in total. The first-order valence-corrected chi connectivity index (χ1v) is 12.6. The van der Waals surface area contributed by atoms with Crippen molar-refractivity contribution in [1.29, 1.82) is 0 Å². The van der Waals surface area contributed by atoms with Gasteiger partial charge in [0, 0.05) is 48.1 Å². The standard InChI is InChI=1S/C30H25N3O4/c34-27-24-17-31-14-10-25(24)30(37-27)13-16-33(19-30)28(35)29(11-12-29)21-5-7-22(8-6-21)36-18-20-9-15-32-26-4-2-1-3-23(20)26/h1-10,14-15,17H,11-13,16,18-19H2/t30-/m0/s1. The summed E-state index contributed by atoms with van der Waals surface area (Å²) < 4.78 is 11.9. The molecule has 184 valence electrons. The van der Waals surface area contributed by atoms with Crippen LogP contribution in [0.25, 0.3) is 10.9 Å². The second kappa shape index (κ2) is 8.13. The van der Waals surface area contributed by atoms with E-state index in [-0.39, 0.29) is 11.9 Å². The number of nitrogens with zero attached hydrogens (tertiary/aromatic N) is 3. The van der Waals surface area contributed by atoms with E-state index in [9.17, 15) is 9.59 Å². The first-order valence-electron chi connectivity index (χ1n) is 12.6. The molecule has 37 heavy (non-hydrogen) atoms. The van der Waals surface area contributed by atoms with Gasteiger partial charge in [-0.05, 0) is 48.7 Å². The molecule has 4 aromatic rings. The Labute approximate surface area is 214 Å². The number of hydrogen-bond donors (Lipinski definition) is 0. The van der Waals surface area contributed by atoms with Crippen LogP contribution < -0.4 is 4.74 Å². The maximum atomic E-state index is 13.7. The predicted octanol–water partition coefficient (Wildman–Crippen LogP) is 4.54. The summed E-state index contributed by atoms with van der Waals surface area (Å²) >= 11 is 0. The van der Waals surface area contributed by atoms with Gasteiger partial charge >= 0.3 is 5.97 Å². The maximum absolute atomic E-state index is 13.7. The highest BCUT2D eigenvalue weighted by Gasteiger charge is 2.57. The molecule has 0 N–H and O–H groups in total. The fraction of sp³-hybridized carbons (Fsp3) is 0.267. The monoisotopic (exact) mass is 491 g/mol. The van der Waals surface area contributed by atoms with Crippen molar-refractivity contribution >= 4 is 22.8 Å². The molecule has 1 atom stereocenters. The van der Waals surface area contributed by atoms with Gasteiger partial charge in [0.15, 0.2) is 5.60 Å². The Morgan fingerprint density at radius 1 is 1.00 bits per heavy atom.